The molecule has 0 amide bonds. The summed E-state index contributed by atoms with van der Waals surface area (Å²) in [7, 11) is -2.99. The molecule has 162 valence electrons. The fraction of sp³-hybridized carbons (Fsp3) is 0.600. The molecule has 0 unspecified atom stereocenters. The minimum absolute atomic E-state index is 0.699. The minimum atomic E-state index is -2.99. The van der Waals surface area contributed by atoms with E-state index in [4.69, 9.17) is 13.3 Å². The Kier molecular flexibility index (Phi) is 11.6. The zero-order valence-electron chi connectivity index (χ0n) is 18.8. The lowest BCUT2D eigenvalue weighted by atomic mass is 10.1. The van der Waals surface area contributed by atoms with E-state index in [0.717, 1.165) is 24.4 Å². The highest BCUT2D eigenvalue weighted by Gasteiger charge is 2.45. The first kappa shape index (κ1) is 24.1. The maximum Gasteiger partial charge on any atom is 0.537 e. The Hall–Kier alpha value is -1.20. The van der Waals surface area contributed by atoms with Crippen LogP contribution in [0, 0.1) is 0 Å². The maximum atomic E-state index is 6.58. The van der Waals surface area contributed by atoms with E-state index in [1.165, 1.54) is 49.3 Å². The third-order valence-electron chi connectivity index (χ3n) is 5.24. The van der Waals surface area contributed by atoms with E-state index < -0.39 is 8.80 Å². The number of rotatable bonds is 16. The van der Waals surface area contributed by atoms with Crippen molar-refractivity contribution in [2.24, 2.45) is 0 Å². The predicted molar refractivity (Wildman–Crippen MR) is 126 cm³/mol. The highest BCUT2D eigenvalue weighted by atomic mass is 28.4. The maximum absolute atomic E-state index is 6.58. The summed E-state index contributed by atoms with van der Waals surface area (Å²) in [5, 5.41) is 3.54. The van der Waals surface area contributed by atoms with E-state index in [-0.39, 0.29) is 0 Å². The predicted octanol–water partition coefficient (Wildman–Crippen LogP) is 6.61. The van der Waals surface area contributed by atoms with Gasteiger partial charge in [-0.05, 0) is 30.0 Å². The molecule has 4 heteroatoms. The van der Waals surface area contributed by atoms with Crippen LogP contribution < -0.4 is 5.19 Å². The molecule has 0 saturated heterocycles. The smallest absolute Gasteiger partial charge is 0.370 e. The first-order valence-corrected chi connectivity index (χ1v) is 13.4. The average molecular weight is 417 g/mol. The van der Waals surface area contributed by atoms with E-state index in [0.29, 0.717) is 19.8 Å². The normalized spacial score (nSPS) is 12.0. The number of fused-ring (bicyclic) bond motifs is 1. The van der Waals surface area contributed by atoms with E-state index in [9.17, 15) is 0 Å². The Morgan fingerprint density at radius 2 is 1.07 bits per heavy atom. The van der Waals surface area contributed by atoms with Gasteiger partial charge < -0.3 is 13.3 Å². The van der Waals surface area contributed by atoms with Crippen LogP contribution >= 0.6 is 0 Å². The van der Waals surface area contributed by atoms with Crippen LogP contribution in [0.2, 0.25) is 0 Å². The van der Waals surface area contributed by atoms with Gasteiger partial charge in [-0.1, -0.05) is 102 Å². The third-order valence-corrected chi connectivity index (χ3v) is 8.09. The third kappa shape index (κ3) is 7.52. The van der Waals surface area contributed by atoms with Crippen LogP contribution in [0.15, 0.2) is 42.5 Å². The SMILES string of the molecule is CCCCCO[Si](OCCCCC)(OCCCCC)c1cccc2ccccc12. The van der Waals surface area contributed by atoms with Crippen LogP contribution in [0.4, 0.5) is 0 Å². The molecule has 0 radical (unpaired) electrons. The molecule has 0 aliphatic carbocycles. The molecular formula is C25H40O3Si. The van der Waals surface area contributed by atoms with E-state index >= 15 is 0 Å². The Morgan fingerprint density at radius 1 is 0.586 bits per heavy atom. The molecule has 0 aliphatic heterocycles. The van der Waals surface area contributed by atoms with Gasteiger partial charge in [-0.15, -0.1) is 0 Å². The molecule has 0 saturated carbocycles. The highest BCUT2D eigenvalue weighted by molar-refractivity contribution is 6.77. The summed E-state index contributed by atoms with van der Waals surface area (Å²) in [6, 6.07) is 14.9. The number of hydrogen-bond acceptors (Lipinski definition) is 3. The van der Waals surface area contributed by atoms with Crippen molar-refractivity contribution < 1.29 is 13.3 Å². The lowest BCUT2D eigenvalue weighted by Gasteiger charge is -2.31. The summed E-state index contributed by atoms with van der Waals surface area (Å²) >= 11 is 0. The van der Waals surface area contributed by atoms with Crippen LogP contribution in [-0.4, -0.2) is 28.6 Å². The van der Waals surface area contributed by atoms with Crippen LogP contribution in [0.1, 0.15) is 78.6 Å². The molecule has 0 aliphatic rings. The topological polar surface area (TPSA) is 27.7 Å². The van der Waals surface area contributed by atoms with Gasteiger partial charge in [0.25, 0.3) is 0 Å². The van der Waals surface area contributed by atoms with Gasteiger partial charge in [-0.25, -0.2) is 0 Å². The lowest BCUT2D eigenvalue weighted by molar-refractivity contribution is 0.0694. The molecule has 0 atom stereocenters. The summed E-state index contributed by atoms with van der Waals surface area (Å²) in [6.07, 6.45) is 10.2. The average Bonchev–Trinajstić information content (AvgIpc) is 2.76. The van der Waals surface area contributed by atoms with Crippen molar-refractivity contribution in [3.05, 3.63) is 42.5 Å². The Labute approximate surface area is 179 Å². The zero-order chi connectivity index (χ0) is 20.8. The quantitative estimate of drug-likeness (QED) is 0.228. The summed E-state index contributed by atoms with van der Waals surface area (Å²) in [5.41, 5.74) is 0. The molecule has 2 rings (SSSR count). The summed E-state index contributed by atoms with van der Waals surface area (Å²) in [5.74, 6) is 0. The number of hydrogen-bond donors (Lipinski definition) is 0. The molecule has 2 aromatic rings. The van der Waals surface area contributed by atoms with Gasteiger partial charge >= 0.3 is 8.80 Å². The van der Waals surface area contributed by atoms with E-state index in [1.54, 1.807) is 0 Å². The Bertz CT molecular complexity index is 652. The summed E-state index contributed by atoms with van der Waals surface area (Å²) < 4.78 is 19.7. The van der Waals surface area contributed by atoms with Gasteiger partial charge in [0.05, 0.1) is 0 Å². The highest BCUT2D eigenvalue weighted by Crippen LogP contribution is 2.20. The minimum Gasteiger partial charge on any atom is -0.370 e. The second-order valence-corrected chi connectivity index (χ2v) is 10.3. The van der Waals surface area contributed by atoms with Crippen molar-refractivity contribution in [2.45, 2.75) is 78.6 Å². The molecule has 0 fully saturated rings. The molecular weight excluding hydrogens is 376 g/mol. The van der Waals surface area contributed by atoms with Crippen LogP contribution in [0.3, 0.4) is 0 Å². The zero-order valence-corrected chi connectivity index (χ0v) is 19.8. The Balaban J connectivity index is 2.34. The van der Waals surface area contributed by atoms with Crippen molar-refractivity contribution >= 4 is 24.8 Å². The Morgan fingerprint density at radius 3 is 1.59 bits per heavy atom. The van der Waals surface area contributed by atoms with E-state index in [1.807, 2.05) is 0 Å². The second-order valence-electron chi connectivity index (χ2n) is 7.75. The lowest BCUT2D eigenvalue weighted by Crippen LogP contribution is -2.57. The molecule has 29 heavy (non-hydrogen) atoms. The van der Waals surface area contributed by atoms with Crippen LogP contribution in [-0.2, 0) is 13.3 Å². The fourth-order valence-electron chi connectivity index (χ4n) is 3.53. The van der Waals surface area contributed by atoms with Crippen molar-refractivity contribution in [1.82, 2.24) is 0 Å². The molecule has 3 nitrogen and oxygen atoms in total. The second kappa shape index (κ2) is 13.9. The van der Waals surface area contributed by atoms with Gasteiger partial charge in [0, 0.05) is 25.0 Å². The largest absolute Gasteiger partial charge is 0.537 e. The van der Waals surface area contributed by atoms with Gasteiger partial charge in [-0.3, -0.25) is 0 Å². The monoisotopic (exact) mass is 416 g/mol. The first-order valence-electron chi connectivity index (χ1n) is 11.7. The van der Waals surface area contributed by atoms with Crippen LogP contribution in [0.25, 0.3) is 10.8 Å². The molecule has 0 spiro atoms. The fourth-order valence-corrected chi connectivity index (χ4v) is 6.34. The van der Waals surface area contributed by atoms with Crippen LogP contribution in [0.5, 0.6) is 0 Å². The summed E-state index contributed by atoms with van der Waals surface area (Å²) in [4.78, 5) is 0. The first-order chi connectivity index (χ1) is 14.3. The standard InChI is InChI=1S/C25H40O3Si/c1-4-7-12-20-26-29(27-21-13-8-5-2,28-22-14-9-6-3)25-19-15-17-23-16-10-11-18-24(23)25/h10-11,15-19H,4-9,12-14,20-22H2,1-3H3. The van der Waals surface area contributed by atoms with Gasteiger partial charge in [-0.2, -0.15) is 0 Å². The number of unbranched alkanes of at least 4 members (excludes halogenated alkanes) is 6. The van der Waals surface area contributed by atoms with Gasteiger partial charge in [0.15, 0.2) is 0 Å². The molecule has 2 aromatic carbocycles. The molecule has 0 heterocycles. The summed E-state index contributed by atoms with van der Waals surface area (Å²) in [6.45, 7) is 8.76. The van der Waals surface area contributed by atoms with E-state index in [2.05, 4.69) is 63.2 Å². The van der Waals surface area contributed by atoms with Crippen molar-refractivity contribution in [3.63, 3.8) is 0 Å². The van der Waals surface area contributed by atoms with Gasteiger partial charge in [0.1, 0.15) is 0 Å². The van der Waals surface area contributed by atoms with Crippen molar-refractivity contribution in [1.29, 1.82) is 0 Å². The molecule has 0 aromatic heterocycles. The number of benzene rings is 2. The van der Waals surface area contributed by atoms with Crippen molar-refractivity contribution in [2.75, 3.05) is 19.8 Å². The molecule has 0 N–H and O–H groups in total. The van der Waals surface area contributed by atoms with Gasteiger partial charge in [0.2, 0.25) is 0 Å². The molecule has 0 bridgehead atoms. The van der Waals surface area contributed by atoms with Crippen molar-refractivity contribution in [3.8, 4) is 0 Å².